The van der Waals surface area contributed by atoms with Crippen LogP contribution in [0.1, 0.15) is 381 Å². The van der Waals surface area contributed by atoms with Crippen molar-refractivity contribution in [2.45, 2.75) is 400 Å². The highest BCUT2D eigenvalue weighted by Gasteiger charge is 2.30. The molecule has 0 radical (unpaired) electrons. The van der Waals surface area contributed by atoms with E-state index in [9.17, 15) is 43.2 Å². The Labute approximate surface area is 562 Å². The number of phosphoric ester groups is 2. The minimum atomic E-state index is -4.95. The van der Waals surface area contributed by atoms with E-state index in [4.69, 9.17) is 37.0 Å². The molecular formula is C73H142O17P2. The van der Waals surface area contributed by atoms with Crippen LogP contribution < -0.4 is 0 Å². The quantitative estimate of drug-likeness (QED) is 0.0222. The molecule has 0 aliphatic heterocycles. The minimum absolute atomic E-state index is 0.107. The SMILES string of the molecule is CCCCCCCCCCCCCCCC(=O)OC[C@H](COP(=O)(O)OC[C@@H](O)COP(=O)(O)OC[C@@H](COC(=O)CCCCCCCCCCCC)OC(=O)CCCCCCCCCCCC)OC(=O)CCCCCCCCCCCCCCCCCCC(C)C. The first kappa shape index (κ1) is 90.1. The average molecular weight is 1350 g/mol. The second kappa shape index (κ2) is 66.3. The number of ether oxygens (including phenoxy) is 4. The third-order valence-corrected chi connectivity index (χ3v) is 18.9. The summed E-state index contributed by atoms with van der Waals surface area (Å²) in [4.78, 5) is 72.6. The van der Waals surface area contributed by atoms with Crippen molar-refractivity contribution in [2.24, 2.45) is 5.92 Å². The summed E-state index contributed by atoms with van der Waals surface area (Å²) in [6.45, 7) is 7.29. The predicted octanol–water partition coefficient (Wildman–Crippen LogP) is 21.3. The first-order valence-corrected chi connectivity index (χ1v) is 41.1. The Morgan fingerprint density at radius 2 is 0.500 bits per heavy atom. The lowest BCUT2D eigenvalue weighted by Gasteiger charge is -2.21. The first-order chi connectivity index (χ1) is 44.5. The van der Waals surface area contributed by atoms with Crippen molar-refractivity contribution in [2.75, 3.05) is 39.6 Å². The highest BCUT2D eigenvalue weighted by Crippen LogP contribution is 2.45. The van der Waals surface area contributed by atoms with Crippen molar-refractivity contribution >= 4 is 39.5 Å². The maximum Gasteiger partial charge on any atom is 0.472 e. The van der Waals surface area contributed by atoms with Gasteiger partial charge in [-0.15, -0.1) is 0 Å². The van der Waals surface area contributed by atoms with Crippen molar-refractivity contribution in [3.05, 3.63) is 0 Å². The monoisotopic (exact) mass is 1350 g/mol. The number of hydrogen-bond acceptors (Lipinski definition) is 15. The summed E-state index contributed by atoms with van der Waals surface area (Å²) in [6.07, 6.45) is 54.0. The molecule has 17 nitrogen and oxygen atoms in total. The lowest BCUT2D eigenvalue weighted by atomic mass is 10.0. The molecule has 0 bridgehead atoms. The Hall–Kier alpha value is -1.94. The number of aliphatic hydroxyl groups is 1. The molecule has 92 heavy (non-hydrogen) atoms. The van der Waals surface area contributed by atoms with Crippen molar-refractivity contribution < 1.29 is 80.2 Å². The highest BCUT2D eigenvalue weighted by molar-refractivity contribution is 7.47. The largest absolute Gasteiger partial charge is 0.472 e. The van der Waals surface area contributed by atoms with E-state index in [1.807, 2.05) is 0 Å². The van der Waals surface area contributed by atoms with E-state index in [1.165, 1.54) is 205 Å². The summed E-state index contributed by atoms with van der Waals surface area (Å²) in [5.74, 6) is -1.31. The van der Waals surface area contributed by atoms with Gasteiger partial charge in [0.05, 0.1) is 26.4 Å². The fourth-order valence-corrected chi connectivity index (χ4v) is 12.8. The second-order valence-electron chi connectivity index (χ2n) is 26.8. The van der Waals surface area contributed by atoms with Crippen LogP contribution in [0.25, 0.3) is 0 Å². The molecule has 0 aromatic carbocycles. The molecule has 19 heteroatoms. The first-order valence-electron chi connectivity index (χ1n) is 38.1. The van der Waals surface area contributed by atoms with Crippen molar-refractivity contribution in [3.8, 4) is 0 Å². The Balaban J connectivity index is 5.20. The van der Waals surface area contributed by atoms with E-state index < -0.39 is 97.5 Å². The molecule has 0 heterocycles. The number of unbranched alkanes of at least 4 members (excludes halogenated alkanes) is 45. The van der Waals surface area contributed by atoms with Gasteiger partial charge in [0, 0.05) is 25.7 Å². The van der Waals surface area contributed by atoms with Gasteiger partial charge in [-0.25, -0.2) is 9.13 Å². The summed E-state index contributed by atoms with van der Waals surface area (Å²) in [5, 5.41) is 10.6. The molecule has 0 aromatic heterocycles. The van der Waals surface area contributed by atoms with E-state index in [-0.39, 0.29) is 25.7 Å². The van der Waals surface area contributed by atoms with Crippen LogP contribution in [0.2, 0.25) is 0 Å². The number of carbonyl (C=O) groups is 4. The Morgan fingerprint density at radius 3 is 0.739 bits per heavy atom. The zero-order chi connectivity index (χ0) is 67.7. The summed E-state index contributed by atoms with van der Waals surface area (Å²) in [5.41, 5.74) is 0. The Morgan fingerprint density at radius 1 is 0.293 bits per heavy atom. The Kier molecular flexibility index (Phi) is 64.9. The number of aliphatic hydroxyl groups excluding tert-OH is 1. The number of phosphoric acid groups is 2. The fourth-order valence-electron chi connectivity index (χ4n) is 11.2. The third kappa shape index (κ3) is 66.7. The molecule has 0 aromatic rings. The molecule has 546 valence electrons. The van der Waals surface area contributed by atoms with Crippen LogP contribution in [0, 0.1) is 5.92 Å². The van der Waals surface area contributed by atoms with Gasteiger partial charge in [-0.05, 0) is 31.6 Å². The van der Waals surface area contributed by atoms with Gasteiger partial charge in [-0.1, -0.05) is 330 Å². The smallest absolute Gasteiger partial charge is 0.462 e. The van der Waals surface area contributed by atoms with E-state index in [1.54, 1.807) is 0 Å². The fraction of sp³-hybridized carbons (Fsp3) is 0.945. The van der Waals surface area contributed by atoms with Gasteiger partial charge in [-0.3, -0.25) is 37.3 Å². The zero-order valence-corrected chi connectivity index (χ0v) is 61.5. The zero-order valence-electron chi connectivity index (χ0n) is 59.7. The van der Waals surface area contributed by atoms with E-state index in [0.717, 1.165) is 95.8 Å². The van der Waals surface area contributed by atoms with Gasteiger partial charge in [0.2, 0.25) is 0 Å². The lowest BCUT2D eigenvalue weighted by Crippen LogP contribution is -2.30. The molecule has 0 fully saturated rings. The number of esters is 4. The topological polar surface area (TPSA) is 237 Å². The van der Waals surface area contributed by atoms with E-state index >= 15 is 0 Å². The average Bonchev–Trinajstić information content (AvgIpc) is 2.10. The normalized spacial score (nSPS) is 14.0. The van der Waals surface area contributed by atoms with E-state index in [2.05, 4.69) is 34.6 Å². The van der Waals surface area contributed by atoms with Crippen LogP contribution >= 0.6 is 15.6 Å². The van der Waals surface area contributed by atoms with Crippen LogP contribution in [-0.4, -0.2) is 96.7 Å². The summed E-state index contributed by atoms with van der Waals surface area (Å²) in [6, 6.07) is 0. The van der Waals surface area contributed by atoms with Gasteiger partial charge in [0.15, 0.2) is 12.2 Å². The maximum absolute atomic E-state index is 13.1. The molecule has 0 amide bonds. The highest BCUT2D eigenvalue weighted by atomic mass is 31.2. The van der Waals surface area contributed by atoms with Crippen LogP contribution in [0.4, 0.5) is 0 Å². The predicted molar refractivity (Wildman–Crippen MR) is 372 cm³/mol. The van der Waals surface area contributed by atoms with Gasteiger partial charge in [0.25, 0.3) is 0 Å². The summed E-state index contributed by atoms with van der Waals surface area (Å²) in [7, 11) is -9.90. The summed E-state index contributed by atoms with van der Waals surface area (Å²) < 4.78 is 68.4. The molecular weight excluding hydrogens is 1210 g/mol. The van der Waals surface area contributed by atoms with Crippen LogP contribution in [0.3, 0.4) is 0 Å². The number of rotatable bonds is 73. The van der Waals surface area contributed by atoms with Crippen LogP contribution in [0.5, 0.6) is 0 Å². The van der Waals surface area contributed by atoms with Gasteiger partial charge >= 0.3 is 39.5 Å². The molecule has 0 spiro atoms. The van der Waals surface area contributed by atoms with Gasteiger partial charge < -0.3 is 33.8 Å². The maximum atomic E-state index is 13.1. The van der Waals surface area contributed by atoms with Crippen LogP contribution in [0.15, 0.2) is 0 Å². The molecule has 0 aliphatic carbocycles. The van der Waals surface area contributed by atoms with Crippen molar-refractivity contribution in [1.82, 2.24) is 0 Å². The molecule has 0 aliphatic rings. The van der Waals surface area contributed by atoms with Gasteiger partial charge in [-0.2, -0.15) is 0 Å². The Bertz CT molecular complexity index is 1770. The third-order valence-electron chi connectivity index (χ3n) is 17.0. The van der Waals surface area contributed by atoms with Crippen molar-refractivity contribution in [3.63, 3.8) is 0 Å². The minimum Gasteiger partial charge on any atom is -0.462 e. The molecule has 0 rings (SSSR count). The molecule has 5 atom stereocenters. The van der Waals surface area contributed by atoms with Crippen molar-refractivity contribution in [1.29, 1.82) is 0 Å². The van der Waals surface area contributed by atoms with Crippen LogP contribution in [-0.2, 0) is 65.4 Å². The standard InChI is InChI=1S/C73H142O17P2/c1-6-9-12-15-18-21-24-29-33-38-42-47-52-57-71(76)84-63-69(90-73(78)59-54-49-44-39-34-31-28-26-25-27-30-32-35-40-45-50-55-66(4)5)65-88-92(81,82)86-61-67(74)60-85-91(79,80)87-64-68(89-72(77)58-53-48-43-37-23-20-17-14-11-8-3)62-83-70(75)56-51-46-41-36-22-19-16-13-10-7-2/h66-69,74H,6-65H2,1-5H3,(H,79,80)(H,81,82)/t67-,68+,69+/m0/s1. The van der Waals surface area contributed by atoms with E-state index in [0.29, 0.717) is 25.7 Å². The van der Waals surface area contributed by atoms with Gasteiger partial charge in [0.1, 0.15) is 19.3 Å². The lowest BCUT2D eigenvalue weighted by molar-refractivity contribution is -0.161. The molecule has 0 saturated heterocycles. The number of hydrogen-bond donors (Lipinski definition) is 3. The molecule has 0 saturated carbocycles. The summed E-state index contributed by atoms with van der Waals surface area (Å²) >= 11 is 0. The second-order valence-corrected chi connectivity index (χ2v) is 29.7. The number of carbonyl (C=O) groups excluding carboxylic acids is 4. The molecule has 2 unspecified atom stereocenters. The molecule has 3 N–H and O–H groups in total.